The molecule has 19 heavy (non-hydrogen) atoms. The van der Waals surface area contributed by atoms with Crippen molar-refractivity contribution in [3.63, 3.8) is 0 Å². The van der Waals surface area contributed by atoms with Gasteiger partial charge in [0.25, 0.3) is 0 Å². The fourth-order valence-electron chi connectivity index (χ4n) is 1.80. The predicted octanol–water partition coefficient (Wildman–Crippen LogP) is 3.19. The van der Waals surface area contributed by atoms with Crippen molar-refractivity contribution >= 4 is 5.69 Å². The van der Waals surface area contributed by atoms with Crippen molar-refractivity contribution in [2.75, 3.05) is 19.0 Å². The highest BCUT2D eigenvalue weighted by atomic mass is 15.1. The third kappa shape index (κ3) is 4.14. The molecular weight excluding hydrogens is 234 g/mol. The van der Waals surface area contributed by atoms with Crippen LogP contribution in [0.1, 0.15) is 11.3 Å². The van der Waals surface area contributed by atoms with Crippen molar-refractivity contribution in [1.82, 2.24) is 9.97 Å². The maximum absolute atomic E-state index is 4.07. The molecule has 0 unspecified atom stereocenters. The molecule has 1 aromatic carbocycles. The summed E-state index contributed by atoms with van der Waals surface area (Å²) in [5.41, 5.74) is 3.65. The zero-order valence-corrected chi connectivity index (χ0v) is 11.4. The lowest BCUT2D eigenvalue weighted by Crippen LogP contribution is -2.08. The summed E-state index contributed by atoms with van der Waals surface area (Å²) in [4.78, 5) is 9.42. The summed E-state index contributed by atoms with van der Waals surface area (Å²) in [6, 6.07) is 14.6. The number of H-pyrrole nitrogens is 1. The molecule has 98 valence electrons. The summed E-state index contributed by atoms with van der Waals surface area (Å²) < 4.78 is 0. The quantitative estimate of drug-likeness (QED) is 0.911. The van der Waals surface area contributed by atoms with Crippen LogP contribution in [0.15, 0.2) is 61.1 Å². The van der Waals surface area contributed by atoms with Crippen LogP contribution in [0.25, 0.3) is 0 Å². The maximum atomic E-state index is 4.07. The molecule has 0 saturated heterocycles. The standard InChI is InChI=1S/C16H19N3/c1-19(2)16-8-6-14(7-9-16)13-15-5-3-4-10-17-11-12-18-15/h3-12,18H,13H2,1-2H3. The Morgan fingerprint density at radius 1 is 1.00 bits per heavy atom. The summed E-state index contributed by atoms with van der Waals surface area (Å²) in [6.07, 6.45) is 6.24. The number of anilines is 1. The Labute approximate surface area is 114 Å². The largest absolute Gasteiger partial charge is 0.378 e. The van der Waals surface area contributed by atoms with Crippen molar-refractivity contribution in [2.24, 2.45) is 0 Å². The summed E-state index contributed by atoms with van der Waals surface area (Å²) >= 11 is 0. The normalized spacial score (nSPS) is 9.79. The summed E-state index contributed by atoms with van der Waals surface area (Å²) in [6.45, 7) is 0. The first-order chi connectivity index (χ1) is 9.25. The van der Waals surface area contributed by atoms with Gasteiger partial charge in [0.2, 0.25) is 0 Å². The Hall–Kier alpha value is -2.29. The Bertz CT molecular complexity index is 530. The first-order valence-electron chi connectivity index (χ1n) is 6.32. The molecule has 2 aromatic rings. The van der Waals surface area contributed by atoms with E-state index in [1.807, 2.05) is 32.4 Å². The highest BCUT2D eigenvalue weighted by Crippen LogP contribution is 2.14. The van der Waals surface area contributed by atoms with E-state index in [1.54, 1.807) is 12.4 Å². The van der Waals surface area contributed by atoms with E-state index in [-0.39, 0.29) is 0 Å². The van der Waals surface area contributed by atoms with Crippen LogP contribution in [0, 0.1) is 0 Å². The lowest BCUT2D eigenvalue weighted by atomic mass is 10.1. The van der Waals surface area contributed by atoms with Gasteiger partial charge in [0.15, 0.2) is 0 Å². The molecule has 0 amide bonds. The zero-order chi connectivity index (χ0) is 13.5. The van der Waals surface area contributed by atoms with Crippen LogP contribution in [0.2, 0.25) is 0 Å². The number of hydrogen-bond acceptors (Lipinski definition) is 2. The van der Waals surface area contributed by atoms with Gasteiger partial charge in [0.1, 0.15) is 0 Å². The van der Waals surface area contributed by atoms with E-state index in [1.165, 1.54) is 11.3 Å². The highest BCUT2D eigenvalue weighted by Gasteiger charge is 1.97. The second-order valence-electron chi connectivity index (χ2n) is 4.57. The van der Waals surface area contributed by atoms with Gasteiger partial charge in [-0.2, -0.15) is 0 Å². The minimum Gasteiger partial charge on any atom is -0.378 e. The molecule has 0 bridgehead atoms. The minimum atomic E-state index is 0.877. The molecule has 0 aliphatic rings. The Morgan fingerprint density at radius 3 is 2.53 bits per heavy atom. The van der Waals surface area contributed by atoms with Crippen LogP contribution in [0.5, 0.6) is 0 Å². The van der Waals surface area contributed by atoms with Gasteiger partial charge in [-0.15, -0.1) is 0 Å². The van der Waals surface area contributed by atoms with Crippen molar-refractivity contribution in [3.05, 3.63) is 72.3 Å². The third-order valence-electron chi connectivity index (χ3n) is 2.86. The second-order valence-corrected chi connectivity index (χ2v) is 4.57. The predicted molar refractivity (Wildman–Crippen MR) is 79.8 cm³/mol. The lowest BCUT2D eigenvalue weighted by molar-refractivity contribution is 1.07. The number of nitrogens with one attached hydrogen (secondary N) is 1. The first-order valence-corrected chi connectivity index (χ1v) is 6.32. The maximum Gasteiger partial charge on any atom is 0.0428 e. The van der Waals surface area contributed by atoms with Gasteiger partial charge in [0, 0.05) is 50.5 Å². The number of nitrogens with zero attached hydrogens (tertiary/aromatic N) is 2. The van der Waals surface area contributed by atoms with Crippen LogP contribution in [-0.4, -0.2) is 24.1 Å². The molecule has 0 aliphatic carbocycles. The van der Waals surface area contributed by atoms with Crippen molar-refractivity contribution < 1.29 is 0 Å². The van der Waals surface area contributed by atoms with Crippen LogP contribution >= 0.6 is 0 Å². The number of rotatable bonds is 3. The van der Waals surface area contributed by atoms with Crippen LogP contribution in [0.3, 0.4) is 0 Å². The molecule has 0 atom stereocenters. The van der Waals surface area contributed by atoms with E-state index >= 15 is 0 Å². The van der Waals surface area contributed by atoms with E-state index in [0.29, 0.717) is 0 Å². The van der Waals surface area contributed by atoms with E-state index in [2.05, 4.69) is 45.2 Å². The molecule has 2 rings (SSSR count). The van der Waals surface area contributed by atoms with Gasteiger partial charge in [-0.25, -0.2) is 0 Å². The average molecular weight is 253 g/mol. The van der Waals surface area contributed by atoms with Crippen molar-refractivity contribution in [1.29, 1.82) is 0 Å². The van der Waals surface area contributed by atoms with Crippen LogP contribution in [0.4, 0.5) is 5.69 Å². The summed E-state index contributed by atoms with van der Waals surface area (Å²) in [5.74, 6) is 0. The molecule has 0 fully saturated rings. The van der Waals surface area contributed by atoms with Crippen molar-refractivity contribution in [2.45, 2.75) is 6.42 Å². The number of hydrogen-bond donors (Lipinski definition) is 1. The van der Waals surface area contributed by atoms with E-state index < -0.39 is 0 Å². The molecule has 3 heteroatoms. The second kappa shape index (κ2) is 6.59. The smallest absolute Gasteiger partial charge is 0.0428 e. The highest BCUT2D eigenvalue weighted by molar-refractivity contribution is 5.46. The number of aromatic amines is 1. The fraction of sp³-hybridized carbons (Fsp3) is 0.188. The Balaban J connectivity index is 2.19. The molecule has 0 aliphatic heterocycles. The van der Waals surface area contributed by atoms with Gasteiger partial charge >= 0.3 is 0 Å². The summed E-state index contributed by atoms with van der Waals surface area (Å²) in [7, 11) is 4.10. The molecule has 0 spiro atoms. The average Bonchev–Trinajstić information content (AvgIpc) is 2.53. The molecule has 0 saturated carbocycles. The molecule has 1 N–H and O–H groups in total. The third-order valence-corrected chi connectivity index (χ3v) is 2.86. The molecule has 0 radical (unpaired) electrons. The van der Waals surface area contributed by atoms with Crippen LogP contribution in [-0.2, 0) is 6.42 Å². The molecule has 1 aromatic heterocycles. The lowest BCUT2D eigenvalue weighted by Gasteiger charge is -2.12. The fourth-order valence-corrected chi connectivity index (χ4v) is 1.80. The van der Waals surface area contributed by atoms with Gasteiger partial charge in [-0.1, -0.05) is 18.2 Å². The van der Waals surface area contributed by atoms with Gasteiger partial charge < -0.3 is 9.88 Å². The van der Waals surface area contributed by atoms with Gasteiger partial charge in [-0.3, -0.25) is 4.98 Å². The number of aromatic nitrogens is 2. The van der Waals surface area contributed by atoms with Crippen LogP contribution < -0.4 is 4.90 Å². The number of benzene rings is 1. The van der Waals surface area contributed by atoms with Gasteiger partial charge in [-0.05, 0) is 29.8 Å². The Kier molecular flexibility index (Phi) is 4.56. The first kappa shape index (κ1) is 13.1. The summed E-state index contributed by atoms with van der Waals surface area (Å²) in [5, 5.41) is 0. The molecule has 1 heterocycles. The van der Waals surface area contributed by atoms with E-state index in [0.717, 1.165) is 12.1 Å². The zero-order valence-electron chi connectivity index (χ0n) is 11.4. The topological polar surface area (TPSA) is 31.9 Å². The Morgan fingerprint density at radius 2 is 1.79 bits per heavy atom. The van der Waals surface area contributed by atoms with E-state index in [9.17, 15) is 0 Å². The van der Waals surface area contributed by atoms with Crippen molar-refractivity contribution in [3.8, 4) is 0 Å². The SMILES string of the molecule is CN(C)c1ccc(Cc2ccccncc[nH]2)cc1. The molecular formula is C16H19N3. The monoisotopic (exact) mass is 253 g/mol. The van der Waals surface area contributed by atoms with Gasteiger partial charge in [0.05, 0.1) is 0 Å². The minimum absolute atomic E-state index is 0.877. The molecule has 3 nitrogen and oxygen atoms in total. The van der Waals surface area contributed by atoms with E-state index in [4.69, 9.17) is 0 Å².